The molecule has 1 aliphatic heterocycles. The second-order valence-electron chi connectivity index (χ2n) is 5.89. The monoisotopic (exact) mass is 242 g/mol. The van der Waals surface area contributed by atoms with Crippen LogP contribution in [0.15, 0.2) is 0 Å². The number of hydrogen-bond acceptors (Lipinski definition) is 3. The first-order valence-electron chi connectivity index (χ1n) is 6.53. The molecule has 0 bridgehead atoms. The van der Waals surface area contributed by atoms with Crippen LogP contribution in [0.4, 0.5) is 0 Å². The highest BCUT2D eigenvalue weighted by atomic mass is 16.5. The predicted octanol–water partition coefficient (Wildman–Crippen LogP) is 2.27. The first-order valence-corrected chi connectivity index (χ1v) is 6.53. The maximum absolute atomic E-state index is 12.6. The molecule has 4 heteroatoms. The summed E-state index contributed by atoms with van der Waals surface area (Å²) in [4.78, 5) is 14.5. The van der Waals surface area contributed by atoms with Crippen LogP contribution in [0.3, 0.4) is 0 Å². The van der Waals surface area contributed by atoms with Gasteiger partial charge in [-0.05, 0) is 40.5 Å². The third-order valence-electron chi connectivity index (χ3n) is 3.99. The van der Waals surface area contributed by atoms with Gasteiger partial charge < -0.3 is 10.1 Å². The van der Waals surface area contributed by atoms with Crippen LogP contribution in [0.5, 0.6) is 0 Å². The van der Waals surface area contributed by atoms with E-state index in [1.165, 1.54) is 5.06 Å². The van der Waals surface area contributed by atoms with E-state index in [1.807, 2.05) is 46.4 Å². The molecular formula is C13H26N2O2. The van der Waals surface area contributed by atoms with Gasteiger partial charge in [-0.2, -0.15) is 5.06 Å². The Bertz CT molecular complexity index is 296. The standard InChI is InChI=1S/C13H26N2O2/c1-7-13(8-2)11(16)14(10(3)4)9-12(5,6)15(13)17/h10,17H,7-9H2,1-6H3. The van der Waals surface area contributed by atoms with Gasteiger partial charge in [-0.3, -0.25) is 4.79 Å². The Morgan fingerprint density at radius 1 is 1.29 bits per heavy atom. The fourth-order valence-corrected chi connectivity index (χ4v) is 2.76. The molecule has 0 atom stereocenters. The van der Waals surface area contributed by atoms with Crippen molar-refractivity contribution in [1.29, 1.82) is 0 Å². The zero-order chi connectivity index (χ0) is 13.4. The predicted molar refractivity (Wildman–Crippen MR) is 67.9 cm³/mol. The maximum Gasteiger partial charge on any atom is 0.245 e. The summed E-state index contributed by atoms with van der Waals surface area (Å²) >= 11 is 0. The van der Waals surface area contributed by atoms with Crippen LogP contribution in [0.2, 0.25) is 0 Å². The molecule has 0 spiro atoms. The molecule has 0 aromatic carbocycles. The lowest BCUT2D eigenvalue weighted by Crippen LogP contribution is -2.72. The molecule has 1 heterocycles. The van der Waals surface area contributed by atoms with E-state index >= 15 is 0 Å². The number of amides is 1. The number of carbonyl (C=O) groups excluding carboxylic acids is 1. The topological polar surface area (TPSA) is 43.8 Å². The number of piperazine rings is 1. The Labute approximate surface area is 105 Å². The lowest BCUT2D eigenvalue weighted by atomic mass is 9.82. The van der Waals surface area contributed by atoms with Gasteiger partial charge in [0.15, 0.2) is 0 Å². The molecule has 1 aliphatic rings. The fourth-order valence-electron chi connectivity index (χ4n) is 2.76. The molecule has 1 N–H and O–H groups in total. The highest BCUT2D eigenvalue weighted by Crippen LogP contribution is 2.37. The fraction of sp³-hybridized carbons (Fsp3) is 0.923. The van der Waals surface area contributed by atoms with Gasteiger partial charge in [-0.1, -0.05) is 13.8 Å². The average Bonchev–Trinajstić information content (AvgIpc) is 2.26. The second kappa shape index (κ2) is 4.58. The van der Waals surface area contributed by atoms with Crippen LogP contribution in [-0.4, -0.2) is 44.7 Å². The maximum atomic E-state index is 12.6. The minimum Gasteiger partial charge on any atom is -0.337 e. The van der Waals surface area contributed by atoms with Crippen LogP contribution in [-0.2, 0) is 4.79 Å². The minimum absolute atomic E-state index is 0.0549. The van der Waals surface area contributed by atoms with Crippen molar-refractivity contribution in [3.63, 3.8) is 0 Å². The summed E-state index contributed by atoms with van der Waals surface area (Å²) in [5, 5.41) is 11.7. The molecule has 1 saturated heterocycles. The molecule has 0 aromatic heterocycles. The van der Waals surface area contributed by atoms with Gasteiger partial charge in [0.05, 0.1) is 5.54 Å². The van der Waals surface area contributed by atoms with Gasteiger partial charge in [0, 0.05) is 12.6 Å². The number of nitrogens with zero attached hydrogens (tertiary/aromatic N) is 2. The van der Waals surface area contributed by atoms with Gasteiger partial charge in [-0.15, -0.1) is 0 Å². The molecule has 0 unspecified atom stereocenters. The Morgan fingerprint density at radius 3 is 2.12 bits per heavy atom. The third kappa shape index (κ3) is 2.08. The van der Waals surface area contributed by atoms with E-state index in [0.717, 1.165) is 0 Å². The first-order chi connectivity index (χ1) is 7.73. The van der Waals surface area contributed by atoms with E-state index in [-0.39, 0.29) is 11.9 Å². The van der Waals surface area contributed by atoms with Gasteiger partial charge in [0.1, 0.15) is 5.54 Å². The summed E-state index contributed by atoms with van der Waals surface area (Å²) in [7, 11) is 0. The lowest BCUT2D eigenvalue weighted by Gasteiger charge is -2.55. The number of carbonyl (C=O) groups is 1. The van der Waals surface area contributed by atoms with Crippen molar-refractivity contribution in [3.05, 3.63) is 0 Å². The van der Waals surface area contributed by atoms with E-state index in [0.29, 0.717) is 19.4 Å². The number of rotatable bonds is 3. The molecule has 4 nitrogen and oxygen atoms in total. The van der Waals surface area contributed by atoms with Crippen LogP contribution in [0, 0.1) is 0 Å². The summed E-state index contributed by atoms with van der Waals surface area (Å²) in [6.45, 7) is 12.5. The quantitative estimate of drug-likeness (QED) is 0.825. The normalized spacial score (nSPS) is 24.5. The first kappa shape index (κ1) is 14.5. The van der Waals surface area contributed by atoms with Crippen molar-refractivity contribution < 1.29 is 10.0 Å². The Kier molecular flexibility index (Phi) is 3.89. The molecule has 0 radical (unpaired) electrons. The molecule has 1 amide bonds. The van der Waals surface area contributed by atoms with Crippen molar-refractivity contribution in [2.75, 3.05) is 6.54 Å². The van der Waals surface area contributed by atoms with E-state index in [2.05, 4.69) is 0 Å². The molecular weight excluding hydrogens is 216 g/mol. The zero-order valence-corrected chi connectivity index (χ0v) is 11.9. The average molecular weight is 242 g/mol. The van der Waals surface area contributed by atoms with E-state index in [9.17, 15) is 10.0 Å². The molecule has 100 valence electrons. The van der Waals surface area contributed by atoms with Crippen LogP contribution >= 0.6 is 0 Å². The van der Waals surface area contributed by atoms with Crippen molar-refractivity contribution >= 4 is 5.91 Å². The Balaban J connectivity index is 3.21. The molecule has 0 aromatic rings. The van der Waals surface area contributed by atoms with E-state index in [4.69, 9.17) is 0 Å². The van der Waals surface area contributed by atoms with Gasteiger partial charge >= 0.3 is 0 Å². The largest absolute Gasteiger partial charge is 0.337 e. The minimum atomic E-state index is -0.758. The molecule has 0 aliphatic carbocycles. The van der Waals surface area contributed by atoms with Crippen LogP contribution in [0.25, 0.3) is 0 Å². The highest BCUT2D eigenvalue weighted by molar-refractivity contribution is 5.87. The summed E-state index contributed by atoms with van der Waals surface area (Å²) in [6.07, 6.45) is 1.26. The molecule has 17 heavy (non-hydrogen) atoms. The van der Waals surface area contributed by atoms with Crippen LogP contribution in [0.1, 0.15) is 54.4 Å². The van der Waals surface area contributed by atoms with E-state index < -0.39 is 11.1 Å². The van der Waals surface area contributed by atoms with Crippen molar-refractivity contribution in [2.45, 2.75) is 71.5 Å². The Morgan fingerprint density at radius 2 is 1.76 bits per heavy atom. The molecule has 1 rings (SSSR count). The van der Waals surface area contributed by atoms with Gasteiger partial charge in [-0.25, -0.2) is 0 Å². The van der Waals surface area contributed by atoms with Crippen molar-refractivity contribution in [3.8, 4) is 0 Å². The zero-order valence-electron chi connectivity index (χ0n) is 11.9. The SMILES string of the molecule is CCC1(CC)C(=O)N(C(C)C)CC(C)(C)N1O. The Hall–Kier alpha value is -0.610. The second-order valence-corrected chi connectivity index (χ2v) is 5.89. The van der Waals surface area contributed by atoms with Crippen molar-refractivity contribution in [2.24, 2.45) is 0 Å². The summed E-state index contributed by atoms with van der Waals surface area (Å²) in [5.74, 6) is 0.0549. The highest BCUT2D eigenvalue weighted by Gasteiger charge is 2.54. The number of hydroxylamine groups is 2. The van der Waals surface area contributed by atoms with Crippen LogP contribution < -0.4 is 0 Å². The smallest absolute Gasteiger partial charge is 0.245 e. The number of hydrogen-bond donors (Lipinski definition) is 1. The summed E-state index contributed by atoms with van der Waals surface area (Å²) in [6, 6.07) is 0.174. The van der Waals surface area contributed by atoms with Crippen molar-refractivity contribution in [1.82, 2.24) is 9.96 Å². The molecule has 0 saturated carbocycles. The van der Waals surface area contributed by atoms with Gasteiger partial charge in [0.25, 0.3) is 0 Å². The van der Waals surface area contributed by atoms with E-state index in [1.54, 1.807) is 0 Å². The summed E-state index contributed by atoms with van der Waals surface area (Å²) in [5.41, 5.74) is -1.16. The summed E-state index contributed by atoms with van der Waals surface area (Å²) < 4.78 is 0. The lowest BCUT2D eigenvalue weighted by molar-refractivity contribution is -0.258. The molecule has 1 fully saturated rings. The van der Waals surface area contributed by atoms with Gasteiger partial charge in [0.2, 0.25) is 5.91 Å². The third-order valence-corrected chi connectivity index (χ3v) is 3.99.